The van der Waals surface area contributed by atoms with Gasteiger partial charge in [0.25, 0.3) is 0 Å². The average molecular weight is 367 g/mol. The third-order valence-electron chi connectivity index (χ3n) is 4.12. The van der Waals surface area contributed by atoms with Gasteiger partial charge < -0.3 is 14.1 Å². The van der Waals surface area contributed by atoms with Crippen molar-refractivity contribution in [2.75, 3.05) is 6.61 Å². The molecule has 3 aromatic rings. The van der Waals surface area contributed by atoms with Gasteiger partial charge >= 0.3 is 0 Å². The molecule has 0 radical (unpaired) electrons. The van der Waals surface area contributed by atoms with Crippen molar-refractivity contribution >= 4 is 5.91 Å². The molecule has 3 rings (SSSR count). The molecule has 140 valence electrons. The predicted octanol–water partition coefficient (Wildman–Crippen LogP) is 4.81. The Labute approximate surface area is 158 Å². The number of benzene rings is 2. The number of rotatable bonds is 9. The molecule has 0 atom stereocenters. The van der Waals surface area contributed by atoms with Crippen LogP contribution in [0.1, 0.15) is 24.2 Å². The first-order valence-corrected chi connectivity index (χ1v) is 8.94. The smallest absolute Gasteiger partial charge is 0.223 e. The zero-order chi connectivity index (χ0) is 18.9. The van der Waals surface area contributed by atoms with Crippen molar-refractivity contribution in [3.63, 3.8) is 0 Å². The van der Waals surface area contributed by atoms with Crippen molar-refractivity contribution in [2.24, 2.45) is 0 Å². The molecule has 0 unspecified atom stereocenters. The third kappa shape index (κ3) is 5.71. The number of amides is 1. The fraction of sp³-hybridized carbons (Fsp3) is 0.227. The molecule has 0 bridgehead atoms. The molecule has 2 aromatic carbocycles. The molecular formula is C22H22FNO3. The molecule has 0 spiro atoms. The van der Waals surface area contributed by atoms with Gasteiger partial charge in [0.2, 0.25) is 5.91 Å². The fourth-order valence-electron chi connectivity index (χ4n) is 2.75. The molecule has 1 heterocycles. The molecule has 0 saturated carbocycles. The third-order valence-corrected chi connectivity index (χ3v) is 4.12. The van der Waals surface area contributed by atoms with Gasteiger partial charge in [0.1, 0.15) is 5.76 Å². The summed E-state index contributed by atoms with van der Waals surface area (Å²) in [6.45, 7) is 1.20. The minimum Gasteiger partial charge on any atom is -0.491 e. The monoisotopic (exact) mass is 367 g/mol. The normalized spacial score (nSPS) is 10.6. The van der Waals surface area contributed by atoms with Gasteiger partial charge in [-0.1, -0.05) is 42.5 Å². The summed E-state index contributed by atoms with van der Waals surface area (Å²) >= 11 is 0. The number of nitrogens with zero attached hydrogens (tertiary/aromatic N) is 1. The van der Waals surface area contributed by atoms with E-state index >= 15 is 0 Å². The van der Waals surface area contributed by atoms with Crippen LogP contribution < -0.4 is 4.74 Å². The van der Waals surface area contributed by atoms with Gasteiger partial charge in [-0.05, 0) is 36.2 Å². The molecule has 0 aliphatic carbocycles. The second kappa shape index (κ2) is 9.57. The van der Waals surface area contributed by atoms with Gasteiger partial charge in [-0.15, -0.1) is 0 Å². The van der Waals surface area contributed by atoms with Crippen LogP contribution >= 0.6 is 0 Å². The van der Waals surface area contributed by atoms with E-state index in [1.807, 2.05) is 42.5 Å². The summed E-state index contributed by atoms with van der Waals surface area (Å²) in [5.41, 5.74) is 1.06. The molecule has 0 N–H and O–H groups in total. The second-order valence-electron chi connectivity index (χ2n) is 6.20. The van der Waals surface area contributed by atoms with E-state index in [9.17, 15) is 9.18 Å². The average Bonchev–Trinajstić information content (AvgIpc) is 3.20. The molecule has 0 aliphatic heterocycles. The van der Waals surface area contributed by atoms with Gasteiger partial charge in [-0.25, -0.2) is 4.39 Å². The SMILES string of the molecule is O=C(CCCOc1ccccc1F)N(Cc1ccccc1)Cc1ccco1. The highest BCUT2D eigenvalue weighted by molar-refractivity contribution is 5.76. The van der Waals surface area contributed by atoms with E-state index in [0.29, 0.717) is 25.9 Å². The maximum absolute atomic E-state index is 13.5. The molecular weight excluding hydrogens is 345 g/mol. The number of carbonyl (C=O) groups is 1. The summed E-state index contributed by atoms with van der Waals surface area (Å²) in [6.07, 6.45) is 2.43. The van der Waals surface area contributed by atoms with Crippen LogP contribution in [0.15, 0.2) is 77.4 Å². The Morgan fingerprint density at radius 2 is 1.74 bits per heavy atom. The van der Waals surface area contributed by atoms with E-state index in [1.165, 1.54) is 6.07 Å². The highest BCUT2D eigenvalue weighted by atomic mass is 19.1. The van der Waals surface area contributed by atoms with Crippen molar-refractivity contribution in [3.05, 3.63) is 90.1 Å². The lowest BCUT2D eigenvalue weighted by molar-refractivity contribution is -0.133. The number of carbonyl (C=O) groups excluding carboxylic acids is 1. The van der Waals surface area contributed by atoms with Gasteiger partial charge in [0, 0.05) is 13.0 Å². The Morgan fingerprint density at radius 1 is 0.963 bits per heavy atom. The van der Waals surface area contributed by atoms with Crippen molar-refractivity contribution in [1.82, 2.24) is 4.90 Å². The van der Waals surface area contributed by atoms with Crippen LogP contribution in [0.2, 0.25) is 0 Å². The lowest BCUT2D eigenvalue weighted by atomic mass is 10.2. The number of ether oxygens (including phenoxy) is 1. The summed E-state index contributed by atoms with van der Waals surface area (Å²) in [5.74, 6) is 0.559. The van der Waals surface area contributed by atoms with Crippen molar-refractivity contribution in [1.29, 1.82) is 0 Å². The number of furan rings is 1. The molecule has 0 fully saturated rings. The zero-order valence-electron chi connectivity index (χ0n) is 15.0. The maximum Gasteiger partial charge on any atom is 0.223 e. The van der Waals surface area contributed by atoms with E-state index in [2.05, 4.69) is 0 Å². The molecule has 0 aliphatic rings. The predicted molar refractivity (Wildman–Crippen MR) is 101 cm³/mol. The highest BCUT2D eigenvalue weighted by Gasteiger charge is 2.16. The van der Waals surface area contributed by atoms with Gasteiger partial charge in [0.05, 0.1) is 19.4 Å². The summed E-state index contributed by atoms with van der Waals surface area (Å²) in [4.78, 5) is 14.5. The summed E-state index contributed by atoms with van der Waals surface area (Å²) in [5, 5.41) is 0. The number of hydrogen-bond donors (Lipinski definition) is 0. The van der Waals surface area contributed by atoms with E-state index < -0.39 is 5.82 Å². The standard InChI is InChI=1S/C22H22FNO3/c23-20-11-4-5-12-21(20)27-15-7-13-22(25)24(17-19-10-6-14-26-19)16-18-8-2-1-3-9-18/h1-6,8-12,14H,7,13,15-17H2. The Morgan fingerprint density at radius 3 is 2.48 bits per heavy atom. The van der Waals surface area contributed by atoms with Crippen molar-refractivity contribution in [2.45, 2.75) is 25.9 Å². The van der Waals surface area contributed by atoms with Crippen LogP contribution in [0.4, 0.5) is 4.39 Å². The van der Waals surface area contributed by atoms with Crippen molar-refractivity contribution in [3.8, 4) is 5.75 Å². The lowest BCUT2D eigenvalue weighted by Crippen LogP contribution is -2.30. The van der Waals surface area contributed by atoms with E-state index in [-0.39, 0.29) is 18.3 Å². The van der Waals surface area contributed by atoms with Crippen molar-refractivity contribution < 1.29 is 18.3 Å². The molecule has 1 aromatic heterocycles. The summed E-state index contributed by atoms with van der Waals surface area (Å²) in [7, 11) is 0. The highest BCUT2D eigenvalue weighted by Crippen LogP contribution is 2.16. The summed E-state index contributed by atoms with van der Waals surface area (Å²) < 4.78 is 24.4. The van der Waals surface area contributed by atoms with Crippen LogP contribution in [0.25, 0.3) is 0 Å². The first-order chi connectivity index (χ1) is 13.2. The lowest BCUT2D eigenvalue weighted by Gasteiger charge is -2.22. The van der Waals surface area contributed by atoms with Gasteiger partial charge in [-0.2, -0.15) is 0 Å². The molecule has 5 heteroatoms. The summed E-state index contributed by atoms with van der Waals surface area (Å²) in [6, 6.07) is 19.8. The van der Waals surface area contributed by atoms with Crippen LogP contribution in [0.3, 0.4) is 0 Å². The topological polar surface area (TPSA) is 42.7 Å². The second-order valence-corrected chi connectivity index (χ2v) is 6.20. The van der Waals surface area contributed by atoms with Gasteiger partial charge in [-0.3, -0.25) is 4.79 Å². The van der Waals surface area contributed by atoms with E-state index in [1.54, 1.807) is 29.4 Å². The Bertz CT molecular complexity index is 834. The van der Waals surface area contributed by atoms with Crippen LogP contribution in [-0.2, 0) is 17.9 Å². The molecule has 0 saturated heterocycles. The van der Waals surface area contributed by atoms with E-state index in [0.717, 1.165) is 11.3 Å². The Hall–Kier alpha value is -3.08. The minimum atomic E-state index is -0.396. The number of para-hydroxylation sites is 1. The van der Waals surface area contributed by atoms with Crippen LogP contribution in [0, 0.1) is 5.82 Å². The largest absolute Gasteiger partial charge is 0.491 e. The molecule has 4 nitrogen and oxygen atoms in total. The minimum absolute atomic E-state index is 0.00684. The molecule has 1 amide bonds. The Balaban J connectivity index is 1.54. The molecule has 27 heavy (non-hydrogen) atoms. The number of halogens is 1. The quantitative estimate of drug-likeness (QED) is 0.510. The first-order valence-electron chi connectivity index (χ1n) is 8.94. The first kappa shape index (κ1) is 18.7. The van der Waals surface area contributed by atoms with Crippen LogP contribution in [0.5, 0.6) is 5.75 Å². The zero-order valence-corrected chi connectivity index (χ0v) is 15.0. The van der Waals surface area contributed by atoms with Gasteiger partial charge in [0.15, 0.2) is 11.6 Å². The fourth-order valence-corrected chi connectivity index (χ4v) is 2.75. The Kier molecular flexibility index (Phi) is 6.63. The number of hydrogen-bond acceptors (Lipinski definition) is 3. The van der Waals surface area contributed by atoms with E-state index in [4.69, 9.17) is 9.15 Å². The maximum atomic E-state index is 13.5. The van der Waals surface area contributed by atoms with Crippen LogP contribution in [-0.4, -0.2) is 17.4 Å².